The first-order valence-corrected chi connectivity index (χ1v) is 5.99. The van der Waals surface area contributed by atoms with Gasteiger partial charge in [0, 0.05) is 0 Å². The zero-order valence-corrected chi connectivity index (χ0v) is 10.2. The fourth-order valence-electron chi connectivity index (χ4n) is 1.70. The minimum Gasteiger partial charge on any atom is -0.376 e. The maximum Gasteiger partial charge on any atom is 0.0991 e. The first-order valence-electron chi connectivity index (χ1n) is 5.99. The molecule has 2 aromatic carbocycles. The van der Waals surface area contributed by atoms with E-state index in [1.807, 2.05) is 42.5 Å². The molecule has 2 heteroatoms. The van der Waals surface area contributed by atoms with Crippen molar-refractivity contribution in [2.24, 2.45) is 0 Å². The molecule has 0 spiro atoms. The van der Waals surface area contributed by atoms with Crippen LogP contribution in [0.25, 0.3) is 0 Å². The van der Waals surface area contributed by atoms with Crippen molar-refractivity contribution in [3.05, 3.63) is 71.3 Å². The van der Waals surface area contributed by atoms with E-state index >= 15 is 0 Å². The lowest BCUT2D eigenvalue weighted by Gasteiger charge is -2.04. The minimum atomic E-state index is 0.596. The van der Waals surface area contributed by atoms with E-state index in [0.29, 0.717) is 18.8 Å². The summed E-state index contributed by atoms with van der Waals surface area (Å²) >= 11 is 0. The van der Waals surface area contributed by atoms with Crippen LogP contribution < -0.4 is 0 Å². The number of hydrogen-bond acceptors (Lipinski definition) is 2. The van der Waals surface area contributed by atoms with Gasteiger partial charge in [0.25, 0.3) is 0 Å². The lowest BCUT2D eigenvalue weighted by atomic mass is 10.1. The average molecular weight is 237 g/mol. The Morgan fingerprint density at radius 1 is 0.889 bits per heavy atom. The molecule has 0 saturated carbocycles. The third-order valence-electron chi connectivity index (χ3n) is 2.73. The van der Waals surface area contributed by atoms with Gasteiger partial charge in [-0.2, -0.15) is 5.26 Å². The van der Waals surface area contributed by atoms with Gasteiger partial charge in [-0.1, -0.05) is 42.5 Å². The van der Waals surface area contributed by atoms with Crippen molar-refractivity contribution in [3.63, 3.8) is 0 Å². The summed E-state index contributed by atoms with van der Waals surface area (Å²) in [5, 5.41) is 8.69. The Bertz CT molecular complexity index is 511. The van der Waals surface area contributed by atoms with Gasteiger partial charge in [0.05, 0.1) is 24.8 Å². The second-order valence-electron chi connectivity index (χ2n) is 4.10. The highest BCUT2D eigenvalue weighted by atomic mass is 16.5. The molecule has 0 bridgehead atoms. The van der Waals surface area contributed by atoms with Crippen molar-refractivity contribution < 1.29 is 4.74 Å². The van der Waals surface area contributed by atoms with Gasteiger partial charge < -0.3 is 4.74 Å². The standard InChI is InChI=1S/C16H15NO/c17-12-15-6-8-16(9-7-15)13-18-11-10-14-4-2-1-3-5-14/h1-9H,10-11,13H2. The molecule has 0 unspecified atom stereocenters. The molecule has 0 heterocycles. The molecule has 0 aliphatic carbocycles. The molecular formula is C16H15NO. The molecule has 2 rings (SSSR count). The van der Waals surface area contributed by atoms with Crippen LogP contribution in [-0.2, 0) is 17.8 Å². The highest BCUT2D eigenvalue weighted by Crippen LogP contribution is 2.06. The molecule has 18 heavy (non-hydrogen) atoms. The summed E-state index contributed by atoms with van der Waals surface area (Å²) in [6.07, 6.45) is 0.928. The first kappa shape index (κ1) is 12.3. The molecule has 90 valence electrons. The van der Waals surface area contributed by atoms with Crippen LogP contribution in [0.5, 0.6) is 0 Å². The molecule has 0 N–H and O–H groups in total. The molecule has 0 atom stereocenters. The molecule has 2 aromatic rings. The van der Waals surface area contributed by atoms with Crippen LogP contribution in [-0.4, -0.2) is 6.61 Å². The molecule has 0 aromatic heterocycles. The van der Waals surface area contributed by atoms with E-state index in [1.165, 1.54) is 5.56 Å². The predicted molar refractivity (Wildman–Crippen MR) is 71.0 cm³/mol. The SMILES string of the molecule is N#Cc1ccc(COCCc2ccccc2)cc1. The molecular weight excluding hydrogens is 222 g/mol. The largest absolute Gasteiger partial charge is 0.376 e. The number of benzene rings is 2. The zero-order valence-electron chi connectivity index (χ0n) is 10.2. The molecule has 0 aliphatic heterocycles. The molecule has 0 saturated heterocycles. The van der Waals surface area contributed by atoms with E-state index in [2.05, 4.69) is 18.2 Å². The van der Waals surface area contributed by atoms with Crippen molar-refractivity contribution in [3.8, 4) is 6.07 Å². The van der Waals surface area contributed by atoms with E-state index in [4.69, 9.17) is 10.00 Å². The van der Waals surface area contributed by atoms with Gasteiger partial charge in [-0.25, -0.2) is 0 Å². The average Bonchev–Trinajstić information content (AvgIpc) is 2.45. The summed E-state index contributed by atoms with van der Waals surface area (Å²) < 4.78 is 5.61. The van der Waals surface area contributed by atoms with E-state index in [9.17, 15) is 0 Å². The topological polar surface area (TPSA) is 33.0 Å². The smallest absolute Gasteiger partial charge is 0.0991 e. The van der Waals surface area contributed by atoms with Crippen LogP contribution in [0, 0.1) is 11.3 Å². The summed E-state index contributed by atoms with van der Waals surface area (Å²) in [4.78, 5) is 0. The van der Waals surface area contributed by atoms with Gasteiger partial charge >= 0.3 is 0 Å². The van der Waals surface area contributed by atoms with Crippen LogP contribution in [0.2, 0.25) is 0 Å². The summed E-state index contributed by atoms with van der Waals surface area (Å²) in [7, 11) is 0. The van der Waals surface area contributed by atoms with Gasteiger partial charge in [-0.3, -0.25) is 0 Å². The van der Waals surface area contributed by atoms with Crippen molar-refractivity contribution in [1.29, 1.82) is 5.26 Å². The minimum absolute atomic E-state index is 0.596. The van der Waals surface area contributed by atoms with Crippen molar-refractivity contribution in [2.45, 2.75) is 13.0 Å². The van der Waals surface area contributed by atoms with E-state index < -0.39 is 0 Å². The molecule has 0 aliphatic rings. The third-order valence-corrected chi connectivity index (χ3v) is 2.73. The third kappa shape index (κ3) is 3.73. The molecule has 0 amide bonds. The Kier molecular flexibility index (Phi) is 4.52. The number of hydrogen-bond donors (Lipinski definition) is 0. The van der Waals surface area contributed by atoms with Crippen molar-refractivity contribution >= 4 is 0 Å². The van der Waals surface area contributed by atoms with Gasteiger partial charge in [-0.05, 0) is 29.7 Å². The van der Waals surface area contributed by atoms with Crippen LogP contribution in [0.3, 0.4) is 0 Å². The Hall–Kier alpha value is -2.11. The van der Waals surface area contributed by atoms with Crippen LogP contribution in [0.15, 0.2) is 54.6 Å². The summed E-state index contributed by atoms with van der Waals surface area (Å²) in [6, 6.07) is 19.9. The quantitative estimate of drug-likeness (QED) is 0.747. The molecule has 2 nitrogen and oxygen atoms in total. The monoisotopic (exact) mass is 237 g/mol. The van der Waals surface area contributed by atoms with E-state index in [1.54, 1.807) is 0 Å². The Balaban J connectivity index is 1.74. The number of nitrogens with zero attached hydrogens (tertiary/aromatic N) is 1. The maximum atomic E-state index is 8.69. The first-order chi connectivity index (χ1) is 8.88. The lowest BCUT2D eigenvalue weighted by Crippen LogP contribution is -1.99. The Morgan fingerprint density at radius 3 is 2.28 bits per heavy atom. The predicted octanol–water partition coefficient (Wildman–Crippen LogP) is 3.32. The normalized spacial score (nSPS) is 9.94. The fraction of sp³-hybridized carbons (Fsp3) is 0.188. The highest BCUT2D eigenvalue weighted by molar-refractivity contribution is 5.31. The van der Waals surface area contributed by atoms with Crippen LogP contribution >= 0.6 is 0 Å². The second kappa shape index (κ2) is 6.58. The summed E-state index contributed by atoms with van der Waals surface area (Å²) in [5.41, 5.74) is 3.07. The number of rotatable bonds is 5. The zero-order chi connectivity index (χ0) is 12.6. The maximum absolute atomic E-state index is 8.69. The summed E-state index contributed by atoms with van der Waals surface area (Å²) in [5.74, 6) is 0. The van der Waals surface area contributed by atoms with E-state index in [-0.39, 0.29) is 0 Å². The summed E-state index contributed by atoms with van der Waals surface area (Å²) in [6.45, 7) is 1.31. The number of nitriles is 1. The van der Waals surface area contributed by atoms with Gasteiger partial charge in [0.1, 0.15) is 0 Å². The number of ether oxygens (including phenoxy) is 1. The Labute approximate surface area is 107 Å². The van der Waals surface area contributed by atoms with Crippen molar-refractivity contribution in [2.75, 3.05) is 6.61 Å². The van der Waals surface area contributed by atoms with Crippen LogP contribution in [0.1, 0.15) is 16.7 Å². The van der Waals surface area contributed by atoms with Crippen molar-refractivity contribution in [1.82, 2.24) is 0 Å². The second-order valence-corrected chi connectivity index (χ2v) is 4.10. The van der Waals surface area contributed by atoms with E-state index in [0.717, 1.165) is 12.0 Å². The highest BCUT2D eigenvalue weighted by Gasteiger charge is 1.95. The molecule has 0 radical (unpaired) electrons. The lowest BCUT2D eigenvalue weighted by molar-refractivity contribution is 0.124. The molecule has 0 fully saturated rings. The van der Waals surface area contributed by atoms with Gasteiger partial charge in [0.15, 0.2) is 0 Å². The van der Waals surface area contributed by atoms with Gasteiger partial charge in [-0.15, -0.1) is 0 Å². The van der Waals surface area contributed by atoms with Crippen LogP contribution in [0.4, 0.5) is 0 Å². The Morgan fingerprint density at radius 2 is 1.61 bits per heavy atom. The van der Waals surface area contributed by atoms with Gasteiger partial charge in [0.2, 0.25) is 0 Å². The fourth-order valence-corrected chi connectivity index (χ4v) is 1.70.